The average Bonchev–Trinajstić information content (AvgIpc) is 3.15. The summed E-state index contributed by atoms with van der Waals surface area (Å²) in [5, 5.41) is 1.23. The summed E-state index contributed by atoms with van der Waals surface area (Å²) in [5.41, 5.74) is -1.76. The first-order chi connectivity index (χ1) is 28.1. The molecule has 1 aromatic heterocycles. The number of hydrogen-bond acceptors (Lipinski definition) is 7. The van der Waals surface area contributed by atoms with Gasteiger partial charge in [-0.05, 0) is 73.8 Å². The van der Waals surface area contributed by atoms with Crippen molar-refractivity contribution in [3.05, 3.63) is 123 Å². The van der Waals surface area contributed by atoms with Gasteiger partial charge in [-0.15, -0.1) is 11.8 Å². The van der Waals surface area contributed by atoms with Gasteiger partial charge in [0.2, 0.25) is 0 Å². The molecule has 0 saturated carbocycles. The molecule has 1 fully saturated rings. The lowest BCUT2D eigenvalue weighted by molar-refractivity contribution is -0.137. The van der Waals surface area contributed by atoms with E-state index in [4.69, 9.17) is 20.8 Å². The fourth-order valence-corrected chi connectivity index (χ4v) is 14.4. The van der Waals surface area contributed by atoms with Gasteiger partial charge in [0.1, 0.15) is 17.2 Å². The van der Waals surface area contributed by atoms with E-state index in [2.05, 4.69) is 55.0 Å². The molecule has 1 unspecified atom stereocenters. The van der Waals surface area contributed by atoms with Gasteiger partial charge in [-0.2, -0.15) is 18.2 Å². The second-order valence-corrected chi connectivity index (χ2v) is 23.1. The molecule has 6 rings (SSSR count). The van der Waals surface area contributed by atoms with Crippen LogP contribution in [0.2, 0.25) is 10.1 Å². The molecule has 0 spiro atoms. The summed E-state index contributed by atoms with van der Waals surface area (Å²) < 4.78 is 71.9. The summed E-state index contributed by atoms with van der Waals surface area (Å²) in [5.74, 6) is -0.695. The van der Waals surface area contributed by atoms with Crippen LogP contribution in [0.4, 0.5) is 28.2 Å². The van der Waals surface area contributed by atoms with Crippen LogP contribution in [0.25, 0.3) is 10.9 Å². The first-order valence-electron chi connectivity index (χ1n) is 19.8. The van der Waals surface area contributed by atoms with Crippen molar-refractivity contribution in [1.29, 1.82) is 0 Å². The first-order valence-corrected chi connectivity index (χ1v) is 23.1. The molecule has 1 aliphatic heterocycles. The molecule has 15 heteroatoms. The Morgan fingerprint density at radius 2 is 1.47 bits per heavy atom. The SMILES string of the molecule is C[C@@H]1CN(c2nc(=O)[nH]c3c(SCC(CO[Si](c4ccccc4)(c4ccccc4)C(C)(C)C)c4ccc(F)cc4)c(Cl)c(C(F)(F)F)cc23)C[C@H](C)N1C(=O)OC(C)(C)C. The molecule has 2 heterocycles. The van der Waals surface area contributed by atoms with Gasteiger partial charge in [0.25, 0.3) is 8.32 Å². The van der Waals surface area contributed by atoms with Crippen molar-refractivity contribution in [2.24, 2.45) is 0 Å². The standard InChI is InChI=1S/C45H51ClF4N4O4SSi/c1-28-24-53(25-29(2)54(28)42(56)58-43(3,4)5)40-35-23-36(45(48,49)50)37(46)39(38(35)51-41(55)52-40)59-27-31(30-19-21-32(47)22-20-30)26-57-60(44(6,7)8,33-15-11-9-12-16-33)34-17-13-10-14-18-34/h9-23,28-29,31H,24-27H2,1-8H3,(H,51,52,55)/t28-,29+,31?. The molecular weight excluding hydrogens is 832 g/mol. The molecule has 5 aromatic rings. The zero-order chi connectivity index (χ0) is 43.8. The maximum Gasteiger partial charge on any atom is 0.417 e. The largest absolute Gasteiger partial charge is 0.444 e. The molecule has 4 aromatic carbocycles. The molecule has 3 atom stereocenters. The molecule has 1 N–H and O–H groups in total. The Hall–Kier alpha value is -4.37. The molecule has 0 aliphatic carbocycles. The van der Waals surface area contributed by atoms with Gasteiger partial charge in [0.15, 0.2) is 0 Å². The highest BCUT2D eigenvalue weighted by atomic mass is 35.5. The summed E-state index contributed by atoms with van der Waals surface area (Å²) in [6.45, 7) is 15.9. The highest BCUT2D eigenvalue weighted by molar-refractivity contribution is 7.99. The first kappa shape index (κ1) is 45.2. The number of H-pyrrole nitrogens is 1. The molecular formula is C45H51ClF4N4O4SSi. The van der Waals surface area contributed by atoms with Crippen LogP contribution in [-0.4, -0.2) is 72.4 Å². The Morgan fingerprint density at radius 3 is 1.97 bits per heavy atom. The van der Waals surface area contributed by atoms with Crippen LogP contribution in [0, 0.1) is 5.82 Å². The minimum atomic E-state index is -4.85. The topological polar surface area (TPSA) is 87.8 Å². The Balaban J connectivity index is 1.42. The summed E-state index contributed by atoms with van der Waals surface area (Å²) in [6.07, 6.45) is -5.36. The number of halogens is 5. The maximum absolute atomic E-state index is 14.9. The number of amides is 1. The number of anilines is 1. The number of nitrogens with zero attached hydrogens (tertiary/aromatic N) is 3. The normalized spacial score (nSPS) is 17.2. The monoisotopic (exact) mass is 882 g/mol. The number of carbonyl (C=O) groups excluding carboxylic acids is 1. The number of piperazine rings is 1. The predicted molar refractivity (Wildman–Crippen MR) is 235 cm³/mol. The lowest BCUT2D eigenvalue weighted by Gasteiger charge is -2.45. The lowest BCUT2D eigenvalue weighted by atomic mass is 10.0. The molecule has 1 amide bonds. The molecule has 0 bridgehead atoms. The number of thioether (sulfide) groups is 1. The molecule has 1 aliphatic rings. The fraction of sp³-hybridized carbons (Fsp3) is 0.400. The van der Waals surface area contributed by atoms with E-state index in [0.717, 1.165) is 33.8 Å². The van der Waals surface area contributed by atoms with Gasteiger partial charge in [0.05, 0.1) is 33.1 Å². The van der Waals surface area contributed by atoms with Crippen molar-refractivity contribution >= 4 is 64.9 Å². The number of aromatic nitrogens is 2. The van der Waals surface area contributed by atoms with Crippen molar-refractivity contribution in [3.63, 3.8) is 0 Å². The smallest absolute Gasteiger partial charge is 0.417 e. The predicted octanol–water partition coefficient (Wildman–Crippen LogP) is 10.0. The third-order valence-corrected chi connectivity index (χ3v) is 17.5. The Bertz CT molecular complexity index is 2310. The number of benzene rings is 4. The Morgan fingerprint density at radius 1 is 0.917 bits per heavy atom. The van der Waals surface area contributed by atoms with E-state index < -0.39 is 66.3 Å². The van der Waals surface area contributed by atoms with Crippen LogP contribution in [-0.2, 0) is 15.3 Å². The minimum Gasteiger partial charge on any atom is -0.444 e. The van der Waals surface area contributed by atoms with Gasteiger partial charge >= 0.3 is 18.0 Å². The van der Waals surface area contributed by atoms with Crippen molar-refractivity contribution < 1.29 is 31.5 Å². The summed E-state index contributed by atoms with van der Waals surface area (Å²) in [7, 11) is -3.07. The van der Waals surface area contributed by atoms with Gasteiger partial charge in [-0.25, -0.2) is 14.0 Å². The number of alkyl halides is 3. The van der Waals surface area contributed by atoms with Gasteiger partial charge < -0.3 is 19.0 Å². The minimum absolute atomic E-state index is 0.0216. The number of ether oxygens (including phenoxy) is 1. The zero-order valence-corrected chi connectivity index (χ0v) is 37.6. The number of aromatic amines is 1. The number of nitrogens with one attached hydrogen (secondary N) is 1. The lowest BCUT2D eigenvalue weighted by Crippen LogP contribution is -2.66. The number of hydrogen-bond donors (Lipinski definition) is 1. The van der Waals surface area contributed by atoms with Crippen molar-refractivity contribution in [3.8, 4) is 0 Å². The maximum atomic E-state index is 14.9. The van der Waals surface area contributed by atoms with Gasteiger partial charge in [-0.1, -0.05) is 105 Å². The highest BCUT2D eigenvalue weighted by Crippen LogP contribution is 2.46. The molecule has 320 valence electrons. The van der Waals surface area contributed by atoms with Crippen LogP contribution in [0.5, 0.6) is 0 Å². The fourth-order valence-electron chi connectivity index (χ4n) is 8.13. The van der Waals surface area contributed by atoms with E-state index in [1.54, 1.807) is 42.7 Å². The third kappa shape index (κ3) is 9.56. The zero-order valence-electron chi connectivity index (χ0n) is 35.0. The highest BCUT2D eigenvalue weighted by Gasteiger charge is 2.50. The van der Waals surface area contributed by atoms with Crippen LogP contribution in [0.3, 0.4) is 0 Å². The number of fused-ring (bicyclic) bond motifs is 1. The number of carbonyl (C=O) groups is 1. The molecule has 1 saturated heterocycles. The Labute approximate surface area is 358 Å². The van der Waals surface area contributed by atoms with E-state index in [9.17, 15) is 27.2 Å². The second kappa shape index (κ2) is 17.5. The quantitative estimate of drug-likeness (QED) is 0.0849. The van der Waals surface area contributed by atoms with E-state index in [1.807, 2.05) is 50.2 Å². The Kier molecular flexibility index (Phi) is 13.2. The summed E-state index contributed by atoms with van der Waals surface area (Å²) in [4.78, 5) is 36.8. The van der Waals surface area contributed by atoms with Gasteiger partial charge in [0, 0.05) is 36.8 Å². The van der Waals surface area contributed by atoms with Crippen molar-refractivity contribution in [2.75, 3.05) is 30.3 Å². The van der Waals surface area contributed by atoms with E-state index in [1.165, 1.54) is 12.1 Å². The van der Waals surface area contributed by atoms with Crippen LogP contribution in [0.1, 0.15) is 72.4 Å². The third-order valence-electron chi connectivity index (χ3n) is 10.7. The van der Waals surface area contributed by atoms with E-state index in [-0.39, 0.29) is 52.1 Å². The molecule has 60 heavy (non-hydrogen) atoms. The number of rotatable bonds is 10. The van der Waals surface area contributed by atoms with Crippen molar-refractivity contribution in [2.45, 2.75) is 95.1 Å². The summed E-state index contributed by atoms with van der Waals surface area (Å²) >= 11 is 7.77. The average molecular weight is 884 g/mol. The summed E-state index contributed by atoms with van der Waals surface area (Å²) in [6, 6.07) is 26.2. The second-order valence-electron chi connectivity index (χ2n) is 17.4. The van der Waals surface area contributed by atoms with Crippen LogP contribution in [0.15, 0.2) is 101 Å². The molecule has 0 radical (unpaired) electrons. The van der Waals surface area contributed by atoms with Gasteiger partial charge in [-0.3, -0.25) is 4.90 Å². The van der Waals surface area contributed by atoms with E-state index >= 15 is 0 Å². The van der Waals surface area contributed by atoms with E-state index in [0.29, 0.717) is 0 Å². The van der Waals surface area contributed by atoms with Crippen molar-refractivity contribution in [1.82, 2.24) is 14.9 Å². The van der Waals surface area contributed by atoms with Crippen LogP contribution < -0.4 is 21.0 Å². The van der Waals surface area contributed by atoms with Crippen LogP contribution >= 0.6 is 23.4 Å². The molecule has 8 nitrogen and oxygen atoms in total.